The summed E-state index contributed by atoms with van der Waals surface area (Å²) in [6, 6.07) is 8.68. The van der Waals surface area contributed by atoms with Crippen LogP contribution in [0.3, 0.4) is 0 Å². The second-order valence-electron chi connectivity index (χ2n) is 4.16. The Balaban J connectivity index is 2.18. The zero-order chi connectivity index (χ0) is 14.7. The molecule has 1 heterocycles. The van der Waals surface area contributed by atoms with Gasteiger partial charge in [0.05, 0.1) is 5.56 Å². The monoisotopic (exact) mass is 329 g/mol. The number of amides is 1. The summed E-state index contributed by atoms with van der Waals surface area (Å²) in [5.41, 5.74) is 1.13. The summed E-state index contributed by atoms with van der Waals surface area (Å²) in [6.45, 7) is 0.398. The van der Waals surface area contributed by atoms with Crippen LogP contribution in [0.1, 0.15) is 15.9 Å². The lowest BCUT2D eigenvalue weighted by Crippen LogP contribution is -2.26. The summed E-state index contributed by atoms with van der Waals surface area (Å²) < 4.78 is 0. The molecule has 2 aromatic rings. The Hall–Kier alpha value is -1.36. The molecular weight excluding hydrogens is 321 g/mol. The number of hydrogen-bond donors (Lipinski definition) is 0. The topological polar surface area (TPSA) is 46.1 Å². The molecule has 0 aliphatic rings. The van der Waals surface area contributed by atoms with E-state index < -0.39 is 0 Å². The number of halogens is 3. The number of nitrogens with zero attached hydrogens (tertiary/aromatic N) is 3. The summed E-state index contributed by atoms with van der Waals surface area (Å²) in [5.74, 6) is -0.285. The van der Waals surface area contributed by atoms with Crippen molar-refractivity contribution in [3.05, 3.63) is 56.8 Å². The highest BCUT2D eigenvalue weighted by atomic mass is 35.5. The van der Waals surface area contributed by atoms with Crippen LogP contribution in [-0.4, -0.2) is 28.1 Å². The average Bonchev–Trinajstić information content (AvgIpc) is 2.40. The Bertz CT molecular complexity index is 649. The maximum absolute atomic E-state index is 12.3. The molecule has 1 amide bonds. The van der Waals surface area contributed by atoms with Crippen LogP contribution < -0.4 is 0 Å². The van der Waals surface area contributed by atoms with Gasteiger partial charge in [0.15, 0.2) is 10.3 Å². The average molecular weight is 331 g/mol. The van der Waals surface area contributed by atoms with E-state index in [4.69, 9.17) is 34.8 Å². The van der Waals surface area contributed by atoms with Crippen molar-refractivity contribution >= 4 is 40.7 Å². The van der Waals surface area contributed by atoms with Gasteiger partial charge in [-0.05, 0) is 23.8 Å². The van der Waals surface area contributed by atoms with Crippen molar-refractivity contribution in [3.8, 4) is 0 Å². The lowest BCUT2D eigenvalue weighted by molar-refractivity contribution is 0.0784. The van der Waals surface area contributed by atoms with Crippen molar-refractivity contribution in [2.24, 2.45) is 0 Å². The van der Waals surface area contributed by atoms with Gasteiger partial charge in [0, 0.05) is 18.6 Å². The van der Waals surface area contributed by atoms with E-state index in [1.165, 1.54) is 11.0 Å². The number of carbonyl (C=O) groups excluding carboxylic acids is 1. The largest absolute Gasteiger partial charge is 0.337 e. The van der Waals surface area contributed by atoms with Crippen LogP contribution in [0.4, 0.5) is 0 Å². The molecule has 0 atom stereocenters. The highest BCUT2D eigenvalue weighted by molar-refractivity contribution is 6.34. The molecule has 0 radical (unpaired) electrons. The minimum atomic E-state index is -0.285. The molecule has 4 nitrogen and oxygen atoms in total. The summed E-state index contributed by atoms with van der Waals surface area (Å²) in [4.78, 5) is 13.8. The smallest absolute Gasteiger partial charge is 0.257 e. The maximum atomic E-state index is 12.3. The predicted octanol–water partition coefficient (Wildman–Crippen LogP) is 3.71. The van der Waals surface area contributed by atoms with Crippen molar-refractivity contribution in [2.75, 3.05) is 7.05 Å². The number of carbonyl (C=O) groups is 1. The second kappa shape index (κ2) is 6.39. The molecule has 1 aromatic heterocycles. The van der Waals surface area contributed by atoms with Gasteiger partial charge in [-0.1, -0.05) is 46.9 Å². The van der Waals surface area contributed by atoms with Gasteiger partial charge in [0.2, 0.25) is 0 Å². The summed E-state index contributed by atoms with van der Waals surface area (Å²) in [6.07, 6.45) is 0. The first-order chi connectivity index (χ1) is 9.47. The minimum absolute atomic E-state index is 0.0253. The van der Waals surface area contributed by atoms with Crippen molar-refractivity contribution in [3.63, 3.8) is 0 Å². The first-order valence-corrected chi connectivity index (χ1v) is 6.79. The summed E-state index contributed by atoms with van der Waals surface area (Å²) in [5, 5.41) is 7.96. The number of rotatable bonds is 3. The molecule has 0 N–H and O–H groups in total. The van der Waals surface area contributed by atoms with E-state index in [1.54, 1.807) is 19.2 Å². The van der Waals surface area contributed by atoms with E-state index in [0.717, 1.165) is 5.56 Å². The normalized spacial score (nSPS) is 10.4. The first kappa shape index (κ1) is 15.0. The number of aromatic nitrogens is 2. The predicted molar refractivity (Wildman–Crippen MR) is 79.3 cm³/mol. The lowest BCUT2D eigenvalue weighted by Gasteiger charge is -2.17. The molecule has 1 aromatic carbocycles. The molecule has 0 spiro atoms. The second-order valence-corrected chi connectivity index (χ2v) is 5.34. The van der Waals surface area contributed by atoms with Gasteiger partial charge in [-0.3, -0.25) is 4.79 Å². The van der Waals surface area contributed by atoms with Crippen LogP contribution in [0.15, 0.2) is 30.3 Å². The molecular formula is C13H10Cl3N3O. The molecule has 0 aliphatic heterocycles. The highest BCUT2D eigenvalue weighted by Crippen LogP contribution is 2.18. The van der Waals surface area contributed by atoms with Crippen molar-refractivity contribution in [1.82, 2.24) is 15.1 Å². The third kappa shape index (κ3) is 3.60. The van der Waals surface area contributed by atoms with Crippen LogP contribution in [-0.2, 0) is 6.54 Å². The van der Waals surface area contributed by atoms with Crippen LogP contribution in [0.25, 0.3) is 0 Å². The number of hydrogen-bond acceptors (Lipinski definition) is 3. The maximum Gasteiger partial charge on any atom is 0.257 e. The Morgan fingerprint density at radius 1 is 1.20 bits per heavy atom. The molecule has 0 bridgehead atoms. The van der Waals surface area contributed by atoms with Gasteiger partial charge in [-0.25, -0.2) is 0 Å². The Morgan fingerprint density at radius 2 is 1.95 bits per heavy atom. The Labute approximate surface area is 131 Å². The van der Waals surface area contributed by atoms with Crippen molar-refractivity contribution in [2.45, 2.75) is 6.54 Å². The minimum Gasteiger partial charge on any atom is -0.337 e. The zero-order valence-corrected chi connectivity index (χ0v) is 12.7. The lowest BCUT2D eigenvalue weighted by atomic mass is 10.2. The molecule has 104 valence electrons. The van der Waals surface area contributed by atoms with Crippen LogP contribution >= 0.6 is 34.8 Å². The fourth-order valence-corrected chi connectivity index (χ4v) is 2.22. The van der Waals surface area contributed by atoms with Gasteiger partial charge in [0.25, 0.3) is 5.91 Å². The van der Waals surface area contributed by atoms with Crippen molar-refractivity contribution < 1.29 is 4.79 Å². The van der Waals surface area contributed by atoms with E-state index >= 15 is 0 Å². The molecule has 0 saturated heterocycles. The van der Waals surface area contributed by atoms with Gasteiger partial charge in [0.1, 0.15) is 0 Å². The van der Waals surface area contributed by atoms with Crippen LogP contribution in [0, 0.1) is 0 Å². The fourth-order valence-electron chi connectivity index (χ4n) is 1.69. The first-order valence-electron chi connectivity index (χ1n) is 5.66. The standard InChI is InChI=1S/C13H10Cl3N3O/c1-19(7-8-3-2-4-9(14)5-8)13(20)10-6-11(15)17-18-12(10)16/h2-6H,7H2,1H3. The van der Waals surface area contributed by atoms with Crippen molar-refractivity contribution in [1.29, 1.82) is 0 Å². The SMILES string of the molecule is CN(Cc1cccc(Cl)c1)C(=O)c1cc(Cl)nnc1Cl. The van der Waals surface area contributed by atoms with Gasteiger partial charge < -0.3 is 4.90 Å². The van der Waals surface area contributed by atoms with Gasteiger partial charge in [-0.15, -0.1) is 10.2 Å². The summed E-state index contributed by atoms with van der Waals surface area (Å²) in [7, 11) is 1.66. The van der Waals surface area contributed by atoms with E-state index in [9.17, 15) is 4.79 Å². The Morgan fingerprint density at radius 3 is 2.65 bits per heavy atom. The molecule has 0 unspecified atom stereocenters. The quantitative estimate of drug-likeness (QED) is 0.862. The number of benzene rings is 1. The Kier molecular flexibility index (Phi) is 4.81. The zero-order valence-electron chi connectivity index (χ0n) is 10.5. The highest BCUT2D eigenvalue weighted by Gasteiger charge is 2.17. The summed E-state index contributed by atoms with van der Waals surface area (Å²) >= 11 is 17.5. The fraction of sp³-hybridized carbons (Fsp3) is 0.154. The molecule has 0 aliphatic carbocycles. The molecule has 20 heavy (non-hydrogen) atoms. The molecule has 2 rings (SSSR count). The van der Waals surface area contributed by atoms with E-state index in [2.05, 4.69) is 10.2 Å². The van der Waals surface area contributed by atoms with Crippen LogP contribution in [0.5, 0.6) is 0 Å². The van der Waals surface area contributed by atoms with E-state index in [1.807, 2.05) is 12.1 Å². The van der Waals surface area contributed by atoms with Crippen LogP contribution in [0.2, 0.25) is 15.3 Å². The van der Waals surface area contributed by atoms with Gasteiger partial charge in [-0.2, -0.15) is 0 Å². The molecule has 0 saturated carbocycles. The molecule has 0 fully saturated rings. The molecule has 7 heteroatoms. The van der Waals surface area contributed by atoms with E-state index in [-0.39, 0.29) is 21.8 Å². The van der Waals surface area contributed by atoms with E-state index in [0.29, 0.717) is 11.6 Å². The third-order valence-corrected chi connectivity index (χ3v) is 3.30. The van der Waals surface area contributed by atoms with Gasteiger partial charge >= 0.3 is 0 Å². The third-order valence-electron chi connectivity index (χ3n) is 2.60.